The van der Waals surface area contributed by atoms with Gasteiger partial charge in [-0.1, -0.05) is 24.6 Å². The number of halogens is 1. The molecule has 4 heterocycles. The van der Waals surface area contributed by atoms with E-state index >= 15 is 0 Å². The average molecular weight is 369 g/mol. The summed E-state index contributed by atoms with van der Waals surface area (Å²) < 4.78 is 6.13. The molecule has 0 aromatic carbocycles. The van der Waals surface area contributed by atoms with Crippen LogP contribution >= 0.6 is 11.6 Å². The van der Waals surface area contributed by atoms with E-state index in [1.165, 1.54) is 5.57 Å². The summed E-state index contributed by atoms with van der Waals surface area (Å²) in [5.41, 5.74) is 3.99. The fourth-order valence-corrected chi connectivity index (χ4v) is 3.48. The van der Waals surface area contributed by atoms with E-state index in [1.807, 2.05) is 24.6 Å². The molecule has 2 aliphatic rings. The first kappa shape index (κ1) is 17.0. The zero-order chi connectivity index (χ0) is 18.1. The van der Waals surface area contributed by atoms with Gasteiger partial charge in [0, 0.05) is 25.4 Å². The van der Waals surface area contributed by atoms with Gasteiger partial charge in [0.15, 0.2) is 0 Å². The number of aromatic nitrogens is 2. The second-order valence-corrected chi connectivity index (χ2v) is 7.20. The Balaban J connectivity index is 1.67. The molecular weight excluding hydrogens is 348 g/mol. The first-order chi connectivity index (χ1) is 12.6. The van der Waals surface area contributed by atoms with Gasteiger partial charge >= 0.3 is 0 Å². The molecule has 4 rings (SSSR count). The van der Waals surface area contributed by atoms with Crippen molar-refractivity contribution in [2.45, 2.75) is 33.2 Å². The minimum absolute atomic E-state index is 0.313. The van der Waals surface area contributed by atoms with Gasteiger partial charge in [0.2, 0.25) is 5.89 Å². The molecule has 1 unspecified atom stereocenters. The van der Waals surface area contributed by atoms with Crippen LogP contribution in [0, 0.1) is 5.92 Å². The maximum absolute atomic E-state index is 6.13. The Bertz CT molecular complexity index is 912. The summed E-state index contributed by atoms with van der Waals surface area (Å²) in [7, 11) is 0. The van der Waals surface area contributed by atoms with Crippen molar-refractivity contribution in [1.29, 1.82) is 0 Å². The second kappa shape index (κ2) is 7.08. The van der Waals surface area contributed by atoms with Gasteiger partial charge in [-0.05, 0) is 37.0 Å². The topological polar surface area (TPSA) is 54.5 Å². The fourth-order valence-electron chi connectivity index (χ4n) is 3.31. The number of oxazole rings is 1. The number of hydrogen-bond donors (Lipinski definition) is 0. The molecule has 5 nitrogen and oxygen atoms in total. The maximum Gasteiger partial charge on any atom is 0.245 e. The van der Waals surface area contributed by atoms with E-state index in [4.69, 9.17) is 21.0 Å². The van der Waals surface area contributed by atoms with E-state index in [0.717, 1.165) is 42.2 Å². The predicted octanol–water partition coefficient (Wildman–Crippen LogP) is 4.68. The van der Waals surface area contributed by atoms with Crippen molar-refractivity contribution >= 4 is 29.2 Å². The molecule has 0 spiro atoms. The largest absolute Gasteiger partial charge is 0.440 e. The van der Waals surface area contributed by atoms with E-state index < -0.39 is 0 Å². The molecule has 0 bridgehead atoms. The number of pyridine rings is 1. The standard InChI is InChI=1S/C20H21ClN4O/c1-13-5-3-7-23-19(14(13)2)20-24-17-12-25(8-4-6-18(17)26-20)16-9-15(21)10-22-11-16/h3,5,7,9-11,13H,4,6,8,12H2,1-2H3. The van der Waals surface area contributed by atoms with Crippen LogP contribution in [0.1, 0.15) is 37.6 Å². The summed E-state index contributed by atoms with van der Waals surface area (Å²) in [5, 5.41) is 0.642. The first-order valence-electron chi connectivity index (χ1n) is 8.88. The smallest absolute Gasteiger partial charge is 0.245 e. The van der Waals surface area contributed by atoms with E-state index in [0.29, 0.717) is 23.4 Å². The lowest BCUT2D eigenvalue weighted by atomic mass is 10.0. The zero-order valence-corrected chi connectivity index (χ0v) is 15.7. The monoisotopic (exact) mass is 368 g/mol. The number of fused-ring (bicyclic) bond motifs is 1. The summed E-state index contributed by atoms with van der Waals surface area (Å²) in [4.78, 5) is 15.8. The molecule has 2 aromatic rings. The Morgan fingerprint density at radius 2 is 2.19 bits per heavy atom. The lowest BCUT2D eigenvalue weighted by molar-refractivity contribution is 0.485. The van der Waals surface area contributed by atoms with E-state index in [1.54, 1.807) is 6.20 Å². The van der Waals surface area contributed by atoms with Crippen molar-refractivity contribution in [1.82, 2.24) is 9.97 Å². The molecule has 134 valence electrons. The Labute approximate surface area is 158 Å². The highest BCUT2D eigenvalue weighted by atomic mass is 35.5. The minimum atomic E-state index is 0.313. The molecule has 0 fully saturated rings. The predicted molar refractivity (Wildman–Crippen MR) is 105 cm³/mol. The number of nitrogens with zero attached hydrogens (tertiary/aromatic N) is 4. The SMILES string of the molecule is CC1=C(c2nc3c(o2)CCCN(c2cncc(Cl)c2)C3)N=CC=CC1C. The fraction of sp³-hybridized carbons (Fsp3) is 0.350. The van der Waals surface area contributed by atoms with Gasteiger partial charge in [-0.25, -0.2) is 4.98 Å². The number of aryl methyl sites for hydroxylation is 1. The van der Waals surface area contributed by atoms with Gasteiger partial charge in [0.05, 0.1) is 23.5 Å². The summed E-state index contributed by atoms with van der Waals surface area (Å²) in [6, 6.07) is 1.94. The van der Waals surface area contributed by atoms with Crippen LogP contribution in [0.3, 0.4) is 0 Å². The minimum Gasteiger partial charge on any atom is -0.440 e. The summed E-state index contributed by atoms with van der Waals surface area (Å²) >= 11 is 6.10. The van der Waals surface area contributed by atoms with Crippen molar-refractivity contribution < 1.29 is 4.42 Å². The Kier molecular flexibility index (Phi) is 4.64. The van der Waals surface area contributed by atoms with Crippen LogP contribution in [0.2, 0.25) is 5.02 Å². The second-order valence-electron chi connectivity index (χ2n) is 6.76. The third-order valence-electron chi connectivity index (χ3n) is 4.95. The van der Waals surface area contributed by atoms with Crippen molar-refractivity contribution in [3.8, 4) is 0 Å². The molecule has 26 heavy (non-hydrogen) atoms. The van der Waals surface area contributed by atoms with Gasteiger partial charge in [-0.3, -0.25) is 9.98 Å². The van der Waals surface area contributed by atoms with Crippen LogP contribution in [0.15, 0.2) is 45.6 Å². The number of aliphatic imine (C=N–C) groups is 1. The molecule has 2 aliphatic heterocycles. The Morgan fingerprint density at radius 3 is 3.04 bits per heavy atom. The van der Waals surface area contributed by atoms with Crippen molar-refractivity contribution in [2.24, 2.45) is 10.9 Å². The van der Waals surface area contributed by atoms with E-state index in [2.05, 4.69) is 34.8 Å². The first-order valence-corrected chi connectivity index (χ1v) is 9.25. The summed E-state index contributed by atoms with van der Waals surface area (Å²) in [6.45, 7) is 5.85. The van der Waals surface area contributed by atoms with E-state index in [-0.39, 0.29) is 0 Å². The number of rotatable bonds is 2. The molecule has 0 N–H and O–H groups in total. The number of allylic oxidation sites excluding steroid dienone is 3. The van der Waals surface area contributed by atoms with Crippen molar-refractivity contribution in [3.05, 3.63) is 58.6 Å². The summed E-state index contributed by atoms with van der Waals surface area (Å²) in [5.74, 6) is 1.89. The molecule has 0 radical (unpaired) electrons. The van der Waals surface area contributed by atoms with Gasteiger partial charge in [-0.15, -0.1) is 0 Å². The van der Waals surface area contributed by atoms with E-state index in [9.17, 15) is 0 Å². The third kappa shape index (κ3) is 3.31. The molecule has 0 saturated heterocycles. The van der Waals surface area contributed by atoms with Gasteiger partial charge in [0.25, 0.3) is 0 Å². The van der Waals surface area contributed by atoms with Crippen LogP contribution in [0.25, 0.3) is 5.70 Å². The number of hydrogen-bond acceptors (Lipinski definition) is 5. The lowest BCUT2D eigenvalue weighted by Crippen LogP contribution is -2.22. The molecule has 2 aromatic heterocycles. The highest BCUT2D eigenvalue weighted by Crippen LogP contribution is 2.31. The lowest BCUT2D eigenvalue weighted by Gasteiger charge is -2.21. The Hall–Kier alpha value is -2.40. The van der Waals surface area contributed by atoms with Gasteiger partial charge in [-0.2, -0.15) is 0 Å². The normalized spacial score (nSPS) is 20.1. The van der Waals surface area contributed by atoms with Crippen molar-refractivity contribution in [2.75, 3.05) is 11.4 Å². The molecule has 1 atom stereocenters. The van der Waals surface area contributed by atoms with Crippen LogP contribution in [0.4, 0.5) is 5.69 Å². The maximum atomic E-state index is 6.13. The summed E-state index contributed by atoms with van der Waals surface area (Å²) in [6.07, 6.45) is 11.3. The number of anilines is 1. The highest BCUT2D eigenvalue weighted by Gasteiger charge is 2.24. The Morgan fingerprint density at radius 1 is 1.31 bits per heavy atom. The van der Waals surface area contributed by atoms with Gasteiger partial charge in [0.1, 0.15) is 17.2 Å². The zero-order valence-electron chi connectivity index (χ0n) is 14.9. The van der Waals surface area contributed by atoms with Crippen LogP contribution in [0.5, 0.6) is 0 Å². The van der Waals surface area contributed by atoms with Crippen LogP contribution in [-0.4, -0.2) is 22.7 Å². The molecular formula is C20H21ClN4O. The van der Waals surface area contributed by atoms with Crippen LogP contribution < -0.4 is 4.90 Å². The van der Waals surface area contributed by atoms with Gasteiger partial charge < -0.3 is 9.32 Å². The molecule has 0 saturated carbocycles. The molecule has 6 heteroatoms. The van der Waals surface area contributed by atoms with Crippen LogP contribution in [-0.2, 0) is 13.0 Å². The molecule has 0 amide bonds. The average Bonchev–Trinajstić information content (AvgIpc) is 2.80. The van der Waals surface area contributed by atoms with Crippen molar-refractivity contribution in [3.63, 3.8) is 0 Å². The quantitative estimate of drug-likeness (QED) is 0.772. The third-order valence-corrected chi connectivity index (χ3v) is 5.16. The highest BCUT2D eigenvalue weighted by molar-refractivity contribution is 6.30. The molecule has 0 aliphatic carbocycles.